The second-order valence-electron chi connectivity index (χ2n) is 8.18. The molecular weight excluding hydrogens is 382 g/mol. The highest BCUT2D eigenvalue weighted by Gasteiger charge is 2.18. The second kappa shape index (κ2) is 8.26. The van der Waals surface area contributed by atoms with Gasteiger partial charge in [-0.2, -0.15) is 4.98 Å². The van der Waals surface area contributed by atoms with Crippen LogP contribution in [-0.2, 0) is 6.42 Å². The summed E-state index contributed by atoms with van der Waals surface area (Å²) in [6, 6.07) is 6.97. The van der Waals surface area contributed by atoms with Crippen molar-refractivity contribution in [1.29, 1.82) is 0 Å². The van der Waals surface area contributed by atoms with Gasteiger partial charge in [0.2, 0.25) is 11.1 Å². The van der Waals surface area contributed by atoms with Crippen molar-refractivity contribution in [1.82, 2.24) is 9.88 Å². The molecule has 1 aliphatic rings. The van der Waals surface area contributed by atoms with Gasteiger partial charge in [0.1, 0.15) is 11.1 Å². The van der Waals surface area contributed by atoms with Crippen LogP contribution in [0.3, 0.4) is 0 Å². The first kappa shape index (κ1) is 20.1. The third-order valence-electron chi connectivity index (χ3n) is 5.66. The number of carboxylic acids is 1. The highest BCUT2D eigenvalue weighted by Crippen LogP contribution is 2.29. The predicted octanol–water partition coefficient (Wildman–Crippen LogP) is 4.38. The Morgan fingerprint density at radius 1 is 1.27 bits per heavy atom. The number of benzene rings is 1. The Morgan fingerprint density at radius 2 is 2.03 bits per heavy atom. The molecule has 1 aliphatic carbocycles. The zero-order chi connectivity index (χ0) is 21.3. The van der Waals surface area contributed by atoms with Gasteiger partial charge in [0.15, 0.2) is 5.82 Å². The fourth-order valence-corrected chi connectivity index (χ4v) is 4.07. The second-order valence-corrected chi connectivity index (χ2v) is 8.18. The van der Waals surface area contributed by atoms with Crippen LogP contribution in [0, 0.1) is 5.92 Å². The van der Waals surface area contributed by atoms with Crippen molar-refractivity contribution < 1.29 is 14.3 Å². The van der Waals surface area contributed by atoms with Gasteiger partial charge in [0.05, 0.1) is 17.1 Å². The molecule has 0 unspecified atom stereocenters. The summed E-state index contributed by atoms with van der Waals surface area (Å²) in [7, 11) is 3.53. The van der Waals surface area contributed by atoms with Crippen LogP contribution in [0.5, 0.6) is 0 Å². The molecule has 7 nitrogen and oxygen atoms in total. The highest BCUT2D eigenvalue weighted by atomic mass is 16.4. The van der Waals surface area contributed by atoms with E-state index in [1.807, 2.05) is 12.1 Å². The molecule has 156 valence electrons. The summed E-state index contributed by atoms with van der Waals surface area (Å²) in [6.07, 6.45) is 8.73. The molecule has 0 aliphatic heterocycles. The van der Waals surface area contributed by atoms with E-state index < -0.39 is 5.97 Å². The fourth-order valence-electron chi connectivity index (χ4n) is 4.07. The van der Waals surface area contributed by atoms with Gasteiger partial charge >= 0.3 is 5.97 Å². The summed E-state index contributed by atoms with van der Waals surface area (Å²) in [6.45, 7) is 0. The number of aromatic nitrogens is 1. The molecule has 0 radical (unpaired) electrons. The number of hydrogen-bond acceptors (Lipinski definition) is 5. The van der Waals surface area contributed by atoms with Crippen LogP contribution in [0.1, 0.15) is 48.0 Å². The average Bonchev–Trinajstić information content (AvgIpc) is 3.24. The lowest BCUT2D eigenvalue weighted by Gasteiger charge is -2.09. The molecule has 2 heterocycles. The molecule has 3 aromatic rings. The number of carbonyl (C=O) groups is 1. The zero-order valence-electron chi connectivity index (χ0n) is 17.2. The number of pyridine rings is 1. The molecule has 0 atom stereocenters. The van der Waals surface area contributed by atoms with Gasteiger partial charge in [-0.25, -0.2) is 9.79 Å². The van der Waals surface area contributed by atoms with Gasteiger partial charge in [-0.3, -0.25) is 4.79 Å². The van der Waals surface area contributed by atoms with Crippen molar-refractivity contribution in [2.75, 3.05) is 14.1 Å². The highest BCUT2D eigenvalue weighted by molar-refractivity contribution is 5.98. The standard InChI is InChI=1S/C23H25N3O4/c1-26(2)13-24-21-18(23(28)29)12-17-20(27)16-11-15(8-7-14-5-3-4-6-14)9-10-19(16)30-22(17)25-21/h9-14H,3-8H2,1-2H3,(H,28,29)/b24-13+. The molecule has 30 heavy (non-hydrogen) atoms. The molecule has 0 amide bonds. The minimum atomic E-state index is -1.19. The molecular formula is C23H25N3O4. The first-order valence-corrected chi connectivity index (χ1v) is 10.3. The van der Waals surface area contributed by atoms with E-state index in [9.17, 15) is 14.7 Å². The van der Waals surface area contributed by atoms with Gasteiger partial charge in [0, 0.05) is 14.1 Å². The maximum absolute atomic E-state index is 13.1. The molecule has 1 aromatic carbocycles. The number of fused-ring (bicyclic) bond motifs is 2. The van der Waals surface area contributed by atoms with E-state index in [0.29, 0.717) is 11.0 Å². The number of aliphatic imine (C=N–C) groups is 1. The van der Waals surface area contributed by atoms with Gasteiger partial charge in [-0.15, -0.1) is 0 Å². The Morgan fingerprint density at radius 3 is 2.73 bits per heavy atom. The van der Waals surface area contributed by atoms with Crippen LogP contribution in [0.4, 0.5) is 5.82 Å². The van der Waals surface area contributed by atoms with Crippen LogP contribution < -0.4 is 5.43 Å². The molecule has 1 saturated carbocycles. The van der Waals surface area contributed by atoms with Crippen LogP contribution in [-0.4, -0.2) is 41.4 Å². The number of aromatic carboxylic acids is 1. The molecule has 1 fully saturated rings. The third-order valence-corrected chi connectivity index (χ3v) is 5.66. The summed E-state index contributed by atoms with van der Waals surface area (Å²) < 4.78 is 5.85. The summed E-state index contributed by atoms with van der Waals surface area (Å²) in [5.74, 6) is -0.420. The van der Waals surface area contributed by atoms with E-state index in [2.05, 4.69) is 9.98 Å². The van der Waals surface area contributed by atoms with E-state index in [4.69, 9.17) is 4.42 Å². The molecule has 0 saturated heterocycles. The van der Waals surface area contributed by atoms with E-state index in [1.54, 1.807) is 25.1 Å². The normalized spacial score (nSPS) is 14.9. The number of nitrogens with zero attached hydrogens (tertiary/aromatic N) is 3. The Balaban J connectivity index is 1.77. The van der Waals surface area contributed by atoms with Gasteiger partial charge in [-0.1, -0.05) is 31.7 Å². The van der Waals surface area contributed by atoms with Crippen LogP contribution in [0.15, 0.2) is 38.5 Å². The zero-order valence-corrected chi connectivity index (χ0v) is 17.2. The van der Waals surface area contributed by atoms with Gasteiger partial charge < -0.3 is 14.4 Å². The number of aryl methyl sites for hydroxylation is 1. The summed E-state index contributed by atoms with van der Waals surface area (Å²) in [5, 5.41) is 10.2. The fraction of sp³-hybridized carbons (Fsp3) is 0.391. The first-order chi connectivity index (χ1) is 14.4. The third kappa shape index (κ3) is 4.06. The van der Waals surface area contributed by atoms with Crippen molar-refractivity contribution in [3.63, 3.8) is 0 Å². The summed E-state index contributed by atoms with van der Waals surface area (Å²) in [4.78, 5) is 34.8. The lowest BCUT2D eigenvalue weighted by Crippen LogP contribution is -2.09. The Kier molecular flexibility index (Phi) is 5.53. The Bertz CT molecular complexity index is 1190. The van der Waals surface area contributed by atoms with Crippen molar-refractivity contribution in [3.8, 4) is 0 Å². The first-order valence-electron chi connectivity index (χ1n) is 10.3. The minimum Gasteiger partial charge on any atom is -0.478 e. The van der Waals surface area contributed by atoms with Gasteiger partial charge in [-0.05, 0) is 42.5 Å². The lowest BCUT2D eigenvalue weighted by atomic mass is 9.97. The molecule has 0 bridgehead atoms. The topological polar surface area (TPSA) is 96.0 Å². The monoisotopic (exact) mass is 407 g/mol. The van der Waals surface area contributed by atoms with Crippen LogP contribution in [0.25, 0.3) is 22.1 Å². The molecule has 0 spiro atoms. The summed E-state index contributed by atoms with van der Waals surface area (Å²) in [5.41, 5.74) is 1.22. The van der Waals surface area contributed by atoms with Crippen LogP contribution in [0.2, 0.25) is 0 Å². The van der Waals surface area contributed by atoms with Crippen molar-refractivity contribution in [3.05, 3.63) is 45.6 Å². The predicted molar refractivity (Wildman–Crippen MR) is 117 cm³/mol. The number of rotatable bonds is 6. The maximum Gasteiger partial charge on any atom is 0.339 e. The Labute approximate surface area is 174 Å². The van der Waals surface area contributed by atoms with E-state index in [0.717, 1.165) is 24.3 Å². The smallest absolute Gasteiger partial charge is 0.339 e. The molecule has 7 heteroatoms. The SMILES string of the molecule is CN(C)/C=N/c1nc2oc3ccc(CCC4CCCC4)cc3c(=O)c2cc1C(=O)O. The van der Waals surface area contributed by atoms with Crippen molar-refractivity contribution >= 4 is 40.2 Å². The molecule has 2 aromatic heterocycles. The largest absolute Gasteiger partial charge is 0.478 e. The molecule has 4 rings (SSSR count). The maximum atomic E-state index is 13.1. The number of hydrogen-bond donors (Lipinski definition) is 1. The average molecular weight is 407 g/mol. The van der Waals surface area contributed by atoms with E-state index >= 15 is 0 Å². The van der Waals surface area contributed by atoms with E-state index in [-0.39, 0.29) is 27.9 Å². The number of carboxylic acid groups (broad SMARTS) is 1. The van der Waals surface area contributed by atoms with Crippen molar-refractivity contribution in [2.45, 2.75) is 38.5 Å². The van der Waals surface area contributed by atoms with Crippen molar-refractivity contribution in [2.24, 2.45) is 10.9 Å². The molecule has 1 N–H and O–H groups in total. The quantitative estimate of drug-likeness (QED) is 0.370. The van der Waals surface area contributed by atoms with Gasteiger partial charge in [0.25, 0.3) is 0 Å². The Hall–Kier alpha value is -3.22. The van der Waals surface area contributed by atoms with E-state index in [1.165, 1.54) is 38.1 Å². The minimum absolute atomic E-state index is 0.000571. The van der Waals surface area contributed by atoms with Crippen LogP contribution >= 0.6 is 0 Å². The lowest BCUT2D eigenvalue weighted by molar-refractivity contribution is 0.0697. The summed E-state index contributed by atoms with van der Waals surface area (Å²) >= 11 is 0.